The summed E-state index contributed by atoms with van der Waals surface area (Å²) in [7, 11) is 4.54. The number of hydrogen-bond donors (Lipinski definition) is 1. The van der Waals surface area contributed by atoms with E-state index in [9.17, 15) is 4.79 Å². The molecule has 0 aliphatic heterocycles. The average Bonchev–Trinajstić information content (AvgIpc) is 2.69. The lowest BCUT2D eigenvalue weighted by Crippen LogP contribution is -2.24. The Labute approximate surface area is 177 Å². The quantitative estimate of drug-likeness (QED) is 0.373. The first-order chi connectivity index (χ1) is 13.4. The van der Waals surface area contributed by atoms with Crippen LogP contribution in [-0.4, -0.2) is 40.1 Å². The Morgan fingerprint density at radius 2 is 1.50 bits per heavy atom. The van der Waals surface area contributed by atoms with Crippen LogP contribution >= 0.6 is 34.8 Å². The Balaban J connectivity index is 2.01. The number of nitrogens with one attached hydrogen (secondary N) is 1. The van der Waals surface area contributed by atoms with Crippen molar-refractivity contribution in [2.24, 2.45) is 5.10 Å². The molecule has 2 aromatic rings. The molecule has 0 bridgehead atoms. The van der Waals surface area contributed by atoms with Crippen molar-refractivity contribution in [1.82, 2.24) is 5.43 Å². The molecule has 0 saturated carbocycles. The number of carbonyl (C=O) groups is 1. The van der Waals surface area contributed by atoms with Crippen LogP contribution in [0.4, 0.5) is 0 Å². The first-order valence-electron chi connectivity index (χ1n) is 7.78. The molecule has 10 heteroatoms. The Hall–Kier alpha value is -2.35. The van der Waals surface area contributed by atoms with Gasteiger partial charge in [0.1, 0.15) is 11.5 Å². The van der Waals surface area contributed by atoms with Gasteiger partial charge in [-0.05, 0) is 12.1 Å². The van der Waals surface area contributed by atoms with E-state index in [0.717, 1.165) is 0 Å². The minimum atomic E-state index is -0.502. The van der Waals surface area contributed by atoms with Gasteiger partial charge in [0.25, 0.3) is 5.91 Å². The molecule has 0 atom stereocenters. The number of halogens is 3. The third-order valence-corrected chi connectivity index (χ3v) is 4.48. The minimum absolute atomic E-state index is 0.233. The van der Waals surface area contributed by atoms with Gasteiger partial charge in [-0.25, -0.2) is 5.43 Å². The Morgan fingerprint density at radius 3 is 2.14 bits per heavy atom. The third-order valence-electron chi connectivity index (χ3n) is 3.46. The summed E-state index contributed by atoms with van der Waals surface area (Å²) in [6.07, 6.45) is 1.41. The molecular weight excluding hydrogens is 431 g/mol. The normalized spacial score (nSPS) is 10.6. The lowest BCUT2D eigenvalue weighted by molar-refractivity contribution is -0.123. The first kappa shape index (κ1) is 21.9. The van der Waals surface area contributed by atoms with Crippen LogP contribution in [0.25, 0.3) is 0 Å². The van der Waals surface area contributed by atoms with Gasteiger partial charge in [-0.3, -0.25) is 4.79 Å². The molecule has 7 nitrogen and oxygen atoms in total. The molecule has 0 fully saturated rings. The number of amides is 1. The topological polar surface area (TPSA) is 78.4 Å². The summed E-state index contributed by atoms with van der Waals surface area (Å²) in [4.78, 5) is 11.9. The first-order valence-corrected chi connectivity index (χ1v) is 8.92. The molecule has 2 aromatic carbocycles. The Morgan fingerprint density at radius 1 is 0.893 bits per heavy atom. The molecule has 0 unspecified atom stereocenters. The van der Waals surface area contributed by atoms with Crippen molar-refractivity contribution in [2.45, 2.75) is 0 Å². The van der Waals surface area contributed by atoms with Crippen LogP contribution in [0.5, 0.6) is 23.0 Å². The van der Waals surface area contributed by atoms with Gasteiger partial charge < -0.3 is 18.9 Å². The molecule has 0 spiro atoms. The smallest absolute Gasteiger partial charge is 0.277 e. The Bertz CT molecular complexity index is 890. The van der Waals surface area contributed by atoms with Gasteiger partial charge in [-0.2, -0.15) is 5.10 Å². The lowest BCUT2D eigenvalue weighted by Gasteiger charge is -2.11. The number of rotatable bonds is 8. The fraction of sp³-hybridized carbons (Fsp3) is 0.222. The predicted octanol–water partition coefficient (Wildman–Crippen LogP) is 4.20. The minimum Gasteiger partial charge on any atom is -0.496 e. The van der Waals surface area contributed by atoms with E-state index >= 15 is 0 Å². The van der Waals surface area contributed by atoms with Crippen LogP contribution in [0, 0.1) is 0 Å². The zero-order valence-electron chi connectivity index (χ0n) is 15.2. The molecule has 0 aromatic heterocycles. The summed E-state index contributed by atoms with van der Waals surface area (Å²) in [5.74, 6) is 1.23. The van der Waals surface area contributed by atoms with E-state index < -0.39 is 5.91 Å². The van der Waals surface area contributed by atoms with Crippen LogP contribution in [0.2, 0.25) is 15.1 Å². The van der Waals surface area contributed by atoms with E-state index in [1.54, 1.807) is 12.1 Å². The number of methoxy groups -OCH3 is 3. The lowest BCUT2D eigenvalue weighted by atomic mass is 10.2. The monoisotopic (exact) mass is 446 g/mol. The van der Waals surface area contributed by atoms with E-state index in [1.165, 1.54) is 39.7 Å². The summed E-state index contributed by atoms with van der Waals surface area (Å²) in [5.41, 5.74) is 2.92. The van der Waals surface area contributed by atoms with Crippen LogP contribution in [-0.2, 0) is 4.79 Å². The van der Waals surface area contributed by atoms with Gasteiger partial charge in [0.05, 0.1) is 42.6 Å². The van der Waals surface area contributed by atoms with Gasteiger partial charge in [0, 0.05) is 17.7 Å². The third kappa shape index (κ3) is 5.58. The largest absolute Gasteiger partial charge is 0.496 e. The molecule has 0 heterocycles. The second-order valence-corrected chi connectivity index (χ2v) is 6.45. The maximum Gasteiger partial charge on any atom is 0.277 e. The van der Waals surface area contributed by atoms with Gasteiger partial charge in [-0.1, -0.05) is 34.8 Å². The standard InChI is InChI=1S/C18H17Cl3N2O5/c1-25-14-7-17(27-3)16(26-2)4-10(14)8-22-23-18(24)9-28-15-6-12(20)11(19)5-13(15)21/h4-8H,9H2,1-3H3,(H,23,24). The SMILES string of the molecule is COc1cc(OC)c(OC)cc1C=NNC(=O)COc1cc(Cl)c(Cl)cc1Cl. The van der Waals surface area contributed by atoms with Crippen LogP contribution in [0.15, 0.2) is 29.4 Å². The fourth-order valence-electron chi connectivity index (χ4n) is 2.12. The van der Waals surface area contributed by atoms with Crippen LogP contribution in [0.1, 0.15) is 5.56 Å². The van der Waals surface area contributed by atoms with Gasteiger partial charge in [0.15, 0.2) is 18.1 Å². The summed E-state index contributed by atoms with van der Waals surface area (Å²) < 4.78 is 21.1. The van der Waals surface area contributed by atoms with Gasteiger partial charge in [-0.15, -0.1) is 0 Å². The highest BCUT2D eigenvalue weighted by molar-refractivity contribution is 6.43. The van der Waals surface area contributed by atoms with Crippen molar-refractivity contribution < 1.29 is 23.7 Å². The zero-order chi connectivity index (χ0) is 20.7. The summed E-state index contributed by atoms with van der Waals surface area (Å²) >= 11 is 17.7. The zero-order valence-corrected chi connectivity index (χ0v) is 17.5. The highest BCUT2D eigenvalue weighted by Crippen LogP contribution is 2.34. The predicted molar refractivity (Wildman–Crippen MR) is 109 cm³/mol. The number of benzene rings is 2. The van der Waals surface area contributed by atoms with Crippen molar-refractivity contribution in [1.29, 1.82) is 0 Å². The van der Waals surface area contributed by atoms with Crippen molar-refractivity contribution in [3.05, 3.63) is 44.9 Å². The highest BCUT2D eigenvalue weighted by Gasteiger charge is 2.11. The molecule has 28 heavy (non-hydrogen) atoms. The van der Waals surface area contributed by atoms with E-state index in [1.807, 2.05) is 0 Å². The molecule has 0 aliphatic rings. The molecule has 150 valence electrons. The summed E-state index contributed by atoms with van der Waals surface area (Å²) in [6.45, 7) is -0.321. The van der Waals surface area contributed by atoms with Crippen molar-refractivity contribution in [2.75, 3.05) is 27.9 Å². The van der Waals surface area contributed by atoms with Crippen molar-refractivity contribution in [3.8, 4) is 23.0 Å². The van der Waals surface area contributed by atoms with E-state index in [-0.39, 0.29) is 27.4 Å². The molecule has 0 radical (unpaired) electrons. The number of carbonyl (C=O) groups excluding carboxylic acids is 1. The molecule has 2 rings (SSSR count). The van der Waals surface area contributed by atoms with Gasteiger partial charge in [0.2, 0.25) is 0 Å². The molecule has 0 aliphatic carbocycles. The number of ether oxygens (including phenoxy) is 4. The van der Waals surface area contributed by atoms with Crippen molar-refractivity contribution >= 4 is 46.9 Å². The second kappa shape index (κ2) is 10.3. The summed E-state index contributed by atoms with van der Waals surface area (Å²) in [5, 5.41) is 4.68. The molecule has 0 saturated heterocycles. The van der Waals surface area contributed by atoms with Crippen LogP contribution in [0.3, 0.4) is 0 Å². The number of hydrazone groups is 1. The highest BCUT2D eigenvalue weighted by atomic mass is 35.5. The fourth-order valence-corrected chi connectivity index (χ4v) is 2.71. The maximum absolute atomic E-state index is 11.9. The van der Waals surface area contributed by atoms with E-state index in [2.05, 4.69) is 10.5 Å². The second-order valence-electron chi connectivity index (χ2n) is 5.23. The van der Waals surface area contributed by atoms with E-state index in [0.29, 0.717) is 22.8 Å². The molecule has 1 N–H and O–H groups in total. The number of nitrogens with zero attached hydrogens (tertiary/aromatic N) is 1. The molecular formula is C18H17Cl3N2O5. The average molecular weight is 448 g/mol. The van der Waals surface area contributed by atoms with Crippen LogP contribution < -0.4 is 24.4 Å². The van der Waals surface area contributed by atoms with E-state index in [4.69, 9.17) is 53.8 Å². The Kier molecular flexibility index (Phi) is 8.04. The number of hydrogen-bond acceptors (Lipinski definition) is 6. The van der Waals surface area contributed by atoms with Gasteiger partial charge >= 0.3 is 0 Å². The maximum atomic E-state index is 11.9. The summed E-state index contributed by atoms with van der Waals surface area (Å²) in [6, 6.07) is 6.17. The molecule has 1 amide bonds. The van der Waals surface area contributed by atoms with Crippen molar-refractivity contribution in [3.63, 3.8) is 0 Å².